The highest BCUT2D eigenvalue weighted by molar-refractivity contribution is 14.0. The molecule has 0 aliphatic carbocycles. The van der Waals surface area contributed by atoms with Gasteiger partial charge in [-0.3, -0.25) is 9.67 Å². The van der Waals surface area contributed by atoms with E-state index in [9.17, 15) is 0 Å². The summed E-state index contributed by atoms with van der Waals surface area (Å²) in [5.41, 5.74) is 2.30. The number of guanidine groups is 1. The van der Waals surface area contributed by atoms with Crippen molar-refractivity contribution in [3.8, 4) is 5.75 Å². The first-order chi connectivity index (χ1) is 13.6. The van der Waals surface area contributed by atoms with E-state index in [4.69, 9.17) is 9.47 Å². The van der Waals surface area contributed by atoms with E-state index in [0.717, 1.165) is 43.4 Å². The molecule has 0 saturated carbocycles. The first-order valence-electron chi connectivity index (χ1n) is 9.90. The summed E-state index contributed by atoms with van der Waals surface area (Å²) >= 11 is 0. The van der Waals surface area contributed by atoms with Crippen LogP contribution in [0.2, 0.25) is 0 Å². The number of nitrogens with one attached hydrogen (secondary N) is 2. The van der Waals surface area contributed by atoms with Crippen molar-refractivity contribution < 1.29 is 9.47 Å². The van der Waals surface area contributed by atoms with Crippen molar-refractivity contribution in [1.82, 2.24) is 20.4 Å². The van der Waals surface area contributed by atoms with Crippen LogP contribution in [0.25, 0.3) is 0 Å². The maximum Gasteiger partial charge on any atom is 0.191 e. The smallest absolute Gasteiger partial charge is 0.191 e. The lowest BCUT2D eigenvalue weighted by Gasteiger charge is -2.19. The van der Waals surface area contributed by atoms with Crippen LogP contribution in [-0.4, -0.2) is 48.7 Å². The Kier molecular flexibility index (Phi) is 9.72. The molecule has 2 heterocycles. The Labute approximate surface area is 190 Å². The van der Waals surface area contributed by atoms with Crippen molar-refractivity contribution in [2.45, 2.75) is 39.5 Å². The molecule has 0 amide bonds. The van der Waals surface area contributed by atoms with Crippen LogP contribution in [0.1, 0.15) is 24.5 Å². The van der Waals surface area contributed by atoms with E-state index in [0.29, 0.717) is 19.1 Å². The molecule has 2 N–H and O–H groups in total. The lowest BCUT2D eigenvalue weighted by Crippen LogP contribution is -2.39. The summed E-state index contributed by atoms with van der Waals surface area (Å²) in [5, 5.41) is 11.0. The van der Waals surface area contributed by atoms with Gasteiger partial charge in [-0.1, -0.05) is 19.1 Å². The van der Waals surface area contributed by atoms with E-state index in [1.807, 2.05) is 16.9 Å². The molecule has 3 rings (SSSR count). The molecule has 2 atom stereocenters. The molecule has 1 saturated heterocycles. The second-order valence-electron chi connectivity index (χ2n) is 7.35. The van der Waals surface area contributed by atoms with E-state index in [2.05, 4.69) is 52.8 Å². The van der Waals surface area contributed by atoms with Gasteiger partial charge in [0.15, 0.2) is 5.96 Å². The number of rotatable bonds is 8. The molecule has 1 aromatic heterocycles. The summed E-state index contributed by atoms with van der Waals surface area (Å²) in [6, 6.07) is 8.26. The van der Waals surface area contributed by atoms with Crippen LogP contribution < -0.4 is 15.4 Å². The van der Waals surface area contributed by atoms with Crippen molar-refractivity contribution in [2.75, 3.05) is 26.8 Å². The van der Waals surface area contributed by atoms with Crippen molar-refractivity contribution in [3.63, 3.8) is 0 Å². The fourth-order valence-corrected chi connectivity index (χ4v) is 3.17. The predicted molar refractivity (Wildman–Crippen MR) is 126 cm³/mol. The first-order valence-corrected chi connectivity index (χ1v) is 9.90. The van der Waals surface area contributed by atoms with Crippen molar-refractivity contribution in [2.24, 2.45) is 10.9 Å². The number of aromatic nitrogens is 2. The molecule has 1 aromatic carbocycles. The number of hydrogen-bond donors (Lipinski definition) is 2. The number of ether oxygens (including phenoxy) is 2. The molecule has 8 heteroatoms. The zero-order valence-corrected chi connectivity index (χ0v) is 19.8. The van der Waals surface area contributed by atoms with Gasteiger partial charge in [0.1, 0.15) is 11.9 Å². The van der Waals surface area contributed by atoms with Gasteiger partial charge in [0, 0.05) is 51.1 Å². The topological polar surface area (TPSA) is 72.7 Å². The number of halogens is 1. The Morgan fingerprint density at radius 3 is 2.97 bits per heavy atom. The largest absolute Gasteiger partial charge is 0.488 e. The number of aryl methyl sites for hydroxylation is 1. The van der Waals surface area contributed by atoms with Gasteiger partial charge in [0.2, 0.25) is 0 Å². The van der Waals surface area contributed by atoms with Crippen LogP contribution >= 0.6 is 24.0 Å². The molecule has 1 fully saturated rings. The first kappa shape index (κ1) is 23.5. The van der Waals surface area contributed by atoms with Gasteiger partial charge in [-0.2, -0.15) is 5.10 Å². The molecule has 7 nitrogen and oxygen atoms in total. The maximum absolute atomic E-state index is 6.18. The molecular weight excluding hydrogens is 481 g/mol. The van der Waals surface area contributed by atoms with Gasteiger partial charge >= 0.3 is 0 Å². The highest BCUT2D eigenvalue weighted by Crippen LogP contribution is 2.23. The van der Waals surface area contributed by atoms with Crippen LogP contribution in [0.4, 0.5) is 0 Å². The van der Waals surface area contributed by atoms with Crippen LogP contribution in [0, 0.1) is 12.8 Å². The van der Waals surface area contributed by atoms with Crippen molar-refractivity contribution >= 4 is 29.9 Å². The Morgan fingerprint density at radius 1 is 1.41 bits per heavy atom. The number of hydrogen-bond acceptors (Lipinski definition) is 4. The Bertz CT molecular complexity index is 760. The molecule has 0 radical (unpaired) electrons. The van der Waals surface area contributed by atoms with Gasteiger partial charge in [0.05, 0.1) is 13.2 Å². The van der Waals surface area contributed by atoms with Crippen molar-refractivity contribution in [1.29, 1.82) is 0 Å². The minimum atomic E-state index is 0. The number of aliphatic imine (C=N–C) groups is 1. The lowest BCUT2D eigenvalue weighted by atomic mass is 10.1. The quantitative estimate of drug-likeness (QED) is 0.323. The summed E-state index contributed by atoms with van der Waals surface area (Å²) in [5.74, 6) is 2.13. The lowest BCUT2D eigenvalue weighted by molar-refractivity contribution is 0.140. The van der Waals surface area contributed by atoms with Gasteiger partial charge in [-0.15, -0.1) is 24.0 Å². The van der Waals surface area contributed by atoms with E-state index in [1.54, 1.807) is 13.2 Å². The molecule has 1 aliphatic rings. The molecule has 1 aliphatic heterocycles. The number of benzene rings is 1. The van der Waals surface area contributed by atoms with Gasteiger partial charge in [-0.25, -0.2) is 0 Å². The monoisotopic (exact) mass is 513 g/mol. The van der Waals surface area contributed by atoms with E-state index >= 15 is 0 Å². The van der Waals surface area contributed by atoms with E-state index in [1.165, 1.54) is 5.56 Å². The average molecular weight is 513 g/mol. The second-order valence-corrected chi connectivity index (χ2v) is 7.35. The van der Waals surface area contributed by atoms with Crippen LogP contribution in [0.15, 0.2) is 41.7 Å². The van der Waals surface area contributed by atoms with E-state index < -0.39 is 0 Å². The fraction of sp³-hybridized carbons (Fsp3) is 0.524. The highest BCUT2D eigenvalue weighted by Gasteiger charge is 2.18. The molecule has 0 spiro atoms. The van der Waals surface area contributed by atoms with Crippen LogP contribution in [0.5, 0.6) is 5.75 Å². The fourth-order valence-electron chi connectivity index (χ4n) is 3.17. The van der Waals surface area contributed by atoms with Crippen LogP contribution in [0.3, 0.4) is 0 Å². The minimum Gasteiger partial charge on any atom is -0.488 e. The Balaban J connectivity index is 0.00000300. The SMILES string of the molecule is CN=C(NCc1ccc(C)cc1OC1CCOC1)NCC(C)Cn1cccn1.I. The van der Waals surface area contributed by atoms with Gasteiger partial charge in [-0.05, 0) is 30.5 Å². The van der Waals surface area contributed by atoms with Crippen LogP contribution in [-0.2, 0) is 17.8 Å². The van der Waals surface area contributed by atoms with Crippen molar-refractivity contribution in [3.05, 3.63) is 47.8 Å². The Hall–Kier alpha value is -1.81. The summed E-state index contributed by atoms with van der Waals surface area (Å²) in [7, 11) is 1.79. The molecule has 2 aromatic rings. The molecule has 2 unspecified atom stereocenters. The third-order valence-corrected chi connectivity index (χ3v) is 4.75. The summed E-state index contributed by atoms with van der Waals surface area (Å²) in [6.07, 6.45) is 4.87. The van der Waals surface area contributed by atoms with E-state index in [-0.39, 0.29) is 30.1 Å². The zero-order valence-electron chi connectivity index (χ0n) is 17.4. The zero-order chi connectivity index (χ0) is 19.8. The highest BCUT2D eigenvalue weighted by atomic mass is 127. The van der Waals surface area contributed by atoms with Gasteiger partial charge in [0.25, 0.3) is 0 Å². The average Bonchev–Trinajstić information content (AvgIpc) is 3.37. The standard InChI is InChI=1S/C21H31N5O2.HI/c1-16-5-6-18(20(11-16)28-19-7-10-27-15-19)13-24-21(22-3)23-12-17(2)14-26-9-4-8-25-26;/h4-6,8-9,11,17,19H,7,10,12-15H2,1-3H3,(H2,22,23,24);1H. The third-order valence-electron chi connectivity index (χ3n) is 4.75. The summed E-state index contributed by atoms with van der Waals surface area (Å²) < 4.78 is 13.6. The maximum atomic E-state index is 6.18. The summed E-state index contributed by atoms with van der Waals surface area (Å²) in [4.78, 5) is 4.33. The molecular formula is C21H32IN5O2. The normalized spacial score (nSPS) is 17.5. The predicted octanol–water partition coefficient (Wildman–Crippen LogP) is 2.98. The molecule has 29 heavy (non-hydrogen) atoms. The third kappa shape index (κ3) is 7.50. The summed E-state index contributed by atoms with van der Waals surface area (Å²) in [6.45, 7) is 8.05. The Morgan fingerprint density at radius 2 is 2.28 bits per heavy atom. The second kappa shape index (κ2) is 12.0. The van der Waals surface area contributed by atoms with Gasteiger partial charge < -0.3 is 20.1 Å². The number of nitrogens with zero attached hydrogens (tertiary/aromatic N) is 3. The minimum absolute atomic E-state index is 0. The molecule has 0 bridgehead atoms. The molecule has 160 valence electrons.